The fraction of sp³-hybridized carbons (Fsp3) is 0.206. The minimum atomic E-state index is -2.39. The maximum absolute atomic E-state index is 14.3. The molecule has 5 rings (SSSR count). The van der Waals surface area contributed by atoms with Crippen molar-refractivity contribution in [3.63, 3.8) is 0 Å². The smallest absolute Gasteiger partial charge is 1.00 e. The zero-order valence-electron chi connectivity index (χ0n) is 25.1. The Hall–Kier alpha value is -4.35. The Balaban J connectivity index is 0.00000264. The Labute approximate surface area is 263 Å². The van der Waals surface area contributed by atoms with Gasteiger partial charge < -0.3 is 26.5 Å². The van der Waals surface area contributed by atoms with Gasteiger partial charge in [0.05, 0.1) is 0 Å². The number of carboxylic acids is 2. The monoisotopic (exact) mass is 572 g/mol. The van der Waals surface area contributed by atoms with Crippen LogP contribution in [0.2, 0.25) is 0 Å². The summed E-state index contributed by atoms with van der Waals surface area (Å²) in [6.45, 7) is 1.21. The SMILES string of the molecule is C[C@H](C(O)(c1ccccc1)c1ccccc1)[C@]1(C(=O)O)[C@@H](C(=O)O)N(Cc2ccccc2)C(=O)N1Cc1ccccc1.[H-].[Li+]. The number of amides is 2. The Kier molecular flexibility index (Phi) is 9.46. The van der Waals surface area contributed by atoms with Gasteiger partial charge in [-0.05, 0) is 22.3 Å². The summed E-state index contributed by atoms with van der Waals surface area (Å²) in [5.41, 5.74) is -2.37. The van der Waals surface area contributed by atoms with Crippen molar-refractivity contribution in [3.8, 4) is 0 Å². The average Bonchev–Trinajstić information content (AvgIpc) is 3.26. The third-order valence-electron chi connectivity index (χ3n) is 8.32. The number of nitrogens with zero attached hydrogens (tertiary/aromatic N) is 2. The zero-order valence-corrected chi connectivity index (χ0v) is 24.1. The molecule has 0 unspecified atom stereocenters. The number of carbonyl (C=O) groups is 3. The summed E-state index contributed by atoms with van der Waals surface area (Å²) in [4.78, 5) is 43.5. The quantitative estimate of drug-likeness (QED) is 0.251. The molecule has 1 aliphatic rings. The Morgan fingerprint density at radius 1 is 0.767 bits per heavy atom. The molecule has 1 aliphatic heterocycles. The first-order valence-corrected chi connectivity index (χ1v) is 13.7. The second-order valence-electron chi connectivity index (χ2n) is 10.6. The molecule has 0 aliphatic carbocycles. The van der Waals surface area contributed by atoms with Crippen molar-refractivity contribution >= 4 is 18.0 Å². The summed E-state index contributed by atoms with van der Waals surface area (Å²) < 4.78 is 0. The van der Waals surface area contributed by atoms with Crippen LogP contribution in [-0.4, -0.2) is 54.7 Å². The summed E-state index contributed by atoms with van der Waals surface area (Å²) >= 11 is 0. The first-order valence-electron chi connectivity index (χ1n) is 13.7. The third-order valence-corrected chi connectivity index (χ3v) is 8.32. The first-order chi connectivity index (χ1) is 20.2. The van der Waals surface area contributed by atoms with Crippen LogP contribution >= 0.6 is 0 Å². The van der Waals surface area contributed by atoms with Crippen molar-refractivity contribution < 1.29 is 50.0 Å². The topological polar surface area (TPSA) is 118 Å². The second-order valence-corrected chi connectivity index (χ2v) is 10.6. The summed E-state index contributed by atoms with van der Waals surface area (Å²) in [5, 5.41) is 34.6. The van der Waals surface area contributed by atoms with E-state index in [1.54, 1.807) is 121 Å². The summed E-state index contributed by atoms with van der Waals surface area (Å²) in [7, 11) is 0. The van der Waals surface area contributed by atoms with Gasteiger partial charge in [0.25, 0.3) is 0 Å². The number of rotatable bonds is 10. The van der Waals surface area contributed by atoms with E-state index in [-0.39, 0.29) is 33.4 Å². The maximum atomic E-state index is 14.3. The molecule has 4 aromatic carbocycles. The number of carbonyl (C=O) groups excluding carboxylic acids is 1. The Morgan fingerprint density at radius 3 is 1.56 bits per heavy atom. The van der Waals surface area contributed by atoms with Crippen LogP contribution in [0.5, 0.6) is 0 Å². The van der Waals surface area contributed by atoms with Crippen LogP contribution in [0, 0.1) is 5.92 Å². The molecule has 0 radical (unpaired) electrons. The van der Waals surface area contributed by atoms with Crippen LogP contribution in [0.15, 0.2) is 121 Å². The van der Waals surface area contributed by atoms with Gasteiger partial charge in [0.15, 0.2) is 11.6 Å². The van der Waals surface area contributed by atoms with Crippen LogP contribution < -0.4 is 18.9 Å². The van der Waals surface area contributed by atoms with Crippen molar-refractivity contribution in [1.82, 2.24) is 9.80 Å². The van der Waals surface area contributed by atoms with Gasteiger partial charge in [0.1, 0.15) is 5.60 Å². The standard InChI is InChI=1S/C34H32N2O6.Li.H/c1-24(34(42,27-18-10-4-11-19-27)28-20-12-5-13-21-28)33(31(39)40)29(30(37)38)35(22-25-14-6-2-7-15-25)32(41)36(33)23-26-16-8-3-9-17-26;;/h2-21,24,29,42H,22-23H2,1H3,(H,37,38)(H,39,40);;/q;+1;-1/t24-,29+,33+;;/m0../s1. The molecule has 3 atom stereocenters. The van der Waals surface area contributed by atoms with E-state index in [9.17, 15) is 29.7 Å². The van der Waals surface area contributed by atoms with E-state index in [1.165, 1.54) is 6.92 Å². The van der Waals surface area contributed by atoms with Crippen molar-refractivity contribution in [2.24, 2.45) is 5.92 Å². The van der Waals surface area contributed by atoms with Gasteiger partial charge in [-0.3, -0.25) is 0 Å². The minimum absolute atomic E-state index is 0. The number of urea groups is 1. The number of carboxylic acid groups (broad SMARTS) is 2. The van der Waals surface area contributed by atoms with E-state index in [1.807, 2.05) is 0 Å². The van der Waals surface area contributed by atoms with E-state index >= 15 is 0 Å². The van der Waals surface area contributed by atoms with Gasteiger partial charge in [-0.2, -0.15) is 0 Å². The molecule has 8 nitrogen and oxygen atoms in total. The van der Waals surface area contributed by atoms with Crippen LogP contribution in [0.3, 0.4) is 0 Å². The van der Waals surface area contributed by atoms with Crippen molar-refractivity contribution in [2.45, 2.75) is 37.2 Å². The van der Waals surface area contributed by atoms with E-state index in [4.69, 9.17) is 0 Å². The molecule has 2 amide bonds. The molecule has 9 heteroatoms. The van der Waals surface area contributed by atoms with E-state index in [2.05, 4.69) is 0 Å². The van der Waals surface area contributed by atoms with Gasteiger partial charge in [0, 0.05) is 19.0 Å². The minimum Gasteiger partial charge on any atom is -1.00 e. The fourth-order valence-electron chi connectivity index (χ4n) is 6.29. The molecule has 0 spiro atoms. The number of hydrogen-bond donors (Lipinski definition) is 3. The van der Waals surface area contributed by atoms with E-state index in [0.29, 0.717) is 22.3 Å². The van der Waals surface area contributed by atoms with Gasteiger partial charge in [-0.15, -0.1) is 0 Å². The normalized spacial score (nSPS) is 19.0. The number of aliphatic hydroxyl groups is 1. The predicted octanol–water partition coefficient (Wildman–Crippen LogP) is 2.09. The van der Waals surface area contributed by atoms with Crippen LogP contribution in [-0.2, 0) is 28.3 Å². The number of benzene rings is 4. The van der Waals surface area contributed by atoms with Crippen molar-refractivity contribution in [2.75, 3.05) is 0 Å². The molecular formula is C34H33LiN2O6. The summed E-state index contributed by atoms with van der Waals surface area (Å²) in [6, 6.07) is 32.2. The molecule has 0 aromatic heterocycles. The summed E-state index contributed by atoms with van der Waals surface area (Å²) in [5.74, 6) is -4.35. The molecular weight excluding hydrogens is 539 g/mol. The fourth-order valence-corrected chi connectivity index (χ4v) is 6.29. The molecule has 1 saturated heterocycles. The zero-order chi connectivity index (χ0) is 29.9. The molecule has 0 saturated carbocycles. The number of aliphatic carboxylic acids is 2. The Morgan fingerprint density at radius 2 is 1.16 bits per heavy atom. The Bertz CT molecular complexity index is 1520. The van der Waals surface area contributed by atoms with Gasteiger partial charge in [-0.25, -0.2) is 14.4 Å². The van der Waals surface area contributed by atoms with Crippen LogP contribution in [0.25, 0.3) is 0 Å². The largest absolute Gasteiger partial charge is 1.00 e. The third kappa shape index (κ3) is 5.46. The molecule has 4 aromatic rings. The molecule has 3 N–H and O–H groups in total. The van der Waals surface area contributed by atoms with Crippen LogP contribution in [0.4, 0.5) is 4.79 Å². The molecule has 1 fully saturated rings. The van der Waals surface area contributed by atoms with E-state index in [0.717, 1.165) is 9.80 Å². The molecule has 1 heterocycles. The maximum Gasteiger partial charge on any atom is 1.00 e. The van der Waals surface area contributed by atoms with Crippen LogP contribution in [0.1, 0.15) is 30.6 Å². The van der Waals surface area contributed by atoms with Crippen molar-refractivity contribution in [1.29, 1.82) is 0 Å². The predicted molar refractivity (Wildman–Crippen MR) is 157 cm³/mol. The second kappa shape index (κ2) is 12.9. The van der Waals surface area contributed by atoms with E-state index < -0.39 is 41.1 Å². The average molecular weight is 573 g/mol. The first kappa shape index (κ1) is 31.6. The molecule has 216 valence electrons. The number of hydrogen-bond acceptors (Lipinski definition) is 4. The molecule has 43 heavy (non-hydrogen) atoms. The molecule has 0 bridgehead atoms. The van der Waals surface area contributed by atoms with Crippen molar-refractivity contribution in [3.05, 3.63) is 144 Å². The summed E-state index contributed by atoms with van der Waals surface area (Å²) in [6.07, 6.45) is 0. The van der Waals surface area contributed by atoms with Gasteiger partial charge in [0.2, 0.25) is 0 Å². The van der Waals surface area contributed by atoms with Gasteiger partial charge >= 0.3 is 36.8 Å². The van der Waals surface area contributed by atoms with Gasteiger partial charge in [-0.1, -0.05) is 128 Å².